The van der Waals surface area contributed by atoms with Gasteiger partial charge in [0.05, 0.1) is 39.1 Å². The van der Waals surface area contributed by atoms with Crippen LogP contribution in [0.5, 0.6) is 5.75 Å². The molecule has 0 saturated carbocycles. The third kappa shape index (κ3) is 4.22. The number of likely N-dealkylation sites (tertiary alicyclic amines) is 1. The normalized spacial score (nSPS) is 30.0. The van der Waals surface area contributed by atoms with Gasteiger partial charge in [-0.25, -0.2) is 0 Å². The van der Waals surface area contributed by atoms with E-state index in [4.69, 9.17) is 4.74 Å². The van der Waals surface area contributed by atoms with Crippen molar-refractivity contribution in [1.82, 2.24) is 0 Å². The third-order valence-electron chi connectivity index (χ3n) is 5.39. The molecule has 0 bridgehead atoms. The molecule has 0 amide bonds. The molecule has 1 aliphatic rings. The molecule has 4 nitrogen and oxygen atoms in total. The van der Waals surface area contributed by atoms with Crippen LogP contribution in [0.4, 0.5) is 0 Å². The monoisotopic (exact) mass is 308 g/mol. The highest BCUT2D eigenvalue weighted by molar-refractivity contribution is 5.26. The predicted octanol–water partition coefficient (Wildman–Crippen LogP) is -1.37. The average molecular weight is 308 g/mol. The Bertz CT molecular complexity index is 448. The first-order valence-corrected chi connectivity index (χ1v) is 8.64. The molecule has 5 atom stereocenters. The fourth-order valence-electron chi connectivity index (χ4n) is 3.87. The van der Waals surface area contributed by atoms with Crippen LogP contribution in [-0.2, 0) is 6.54 Å². The smallest absolute Gasteiger partial charge is 0.127 e. The van der Waals surface area contributed by atoms with Gasteiger partial charge < -0.3 is 20.3 Å². The second kappa shape index (κ2) is 7.95. The fourth-order valence-corrected chi connectivity index (χ4v) is 3.87. The van der Waals surface area contributed by atoms with Crippen LogP contribution < -0.4 is 20.3 Å². The van der Waals surface area contributed by atoms with Gasteiger partial charge in [0.15, 0.2) is 0 Å². The van der Waals surface area contributed by atoms with E-state index in [1.165, 1.54) is 18.5 Å². The number of ether oxygens (including phenoxy) is 1. The van der Waals surface area contributed by atoms with Crippen LogP contribution in [0.3, 0.4) is 0 Å². The molecule has 1 aromatic rings. The third-order valence-corrected chi connectivity index (χ3v) is 5.39. The van der Waals surface area contributed by atoms with Gasteiger partial charge >= 0.3 is 0 Å². The summed E-state index contributed by atoms with van der Waals surface area (Å²) in [7, 11) is 4.06. The molecule has 0 radical (unpaired) electrons. The number of methoxy groups -OCH3 is 1. The Morgan fingerprint density at radius 2 is 1.95 bits per heavy atom. The summed E-state index contributed by atoms with van der Waals surface area (Å²) in [4.78, 5) is 3.38. The van der Waals surface area contributed by atoms with Crippen LogP contribution in [0.15, 0.2) is 24.3 Å². The molecule has 0 spiro atoms. The summed E-state index contributed by atoms with van der Waals surface area (Å²) in [6, 6.07) is 10.1. The molecule has 1 heterocycles. The molecule has 0 aliphatic carbocycles. The zero-order valence-corrected chi connectivity index (χ0v) is 14.7. The van der Waals surface area contributed by atoms with Gasteiger partial charge in [-0.2, -0.15) is 0 Å². The summed E-state index contributed by atoms with van der Waals surface area (Å²) in [5.41, 5.74) is 5.50. The van der Waals surface area contributed by atoms with Gasteiger partial charge in [0.25, 0.3) is 0 Å². The van der Waals surface area contributed by atoms with E-state index in [0.29, 0.717) is 0 Å². The fraction of sp³-hybridized carbons (Fsp3) is 0.667. The van der Waals surface area contributed by atoms with Crippen molar-refractivity contribution in [3.8, 4) is 5.75 Å². The van der Waals surface area contributed by atoms with Crippen molar-refractivity contribution in [2.45, 2.75) is 38.9 Å². The lowest BCUT2D eigenvalue weighted by Crippen LogP contribution is -3.22. The topological polar surface area (TPSA) is 45.8 Å². The van der Waals surface area contributed by atoms with Crippen LogP contribution in [-0.4, -0.2) is 45.9 Å². The van der Waals surface area contributed by atoms with E-state index >= 15 is 0 Å². The zero-order chi connectivity index (χ0) is 16.1. The number of hydrogen-bond donors (Lipinski definition) is 3. The summed E-state index contributed by atoms with van der Waals surface area (Å²) in [5, 5.41) is 0. The highest BCUT2D eigenvalue weighted by atomic mass is 16.5. The molecule has 1 fully saturated rings. The number of hydrogen-bond acceptors (Lipinski definition) is 1. The number of benzene rings is 1. The lowest BCUT2D eigenvalue weighted by atomic mass is 9.88. The summed E-state index contributed by atoms with van der Waals surface area (Å²) < 4.78 is 5.26. The maximum atomic E-state index is 5.26. The van der Waals surface area contributed by atoms with E-state index in [2.05, 4.69) is 50.9 Å². The Labute approximate surface area is 135 Å². The summed E-state index contributed by atoms with van der Waals surface area (Å²) in [6.07, 6.45) is 1.32. The van der Waals surface area contributed by atoms with E-state index in [0.717, 1.165) is 43.4 Å². The molecule has 2 rings (SSSR count). The molecule has 1 aliphatic heterocycles. The lowest BCUT2D eigenvalue weighted by molar-refractivity contribution is -0.978. The van der Waals surface area contributed by atoms with E-state index < -0.39 is 0 Å². The van der Waals surface area contributed by atoms with Gasteiger partial charge in [0.2, 0.25) is 0 Å². The van der Waals surface area contributed by atoms with Crippen molar-refractivity contribution in [1.29, 1.82) is 0 Å². The van der Waals surface area contributed by atoms with Crippen molar-refractivity contribution >= 4 is 0 Å². The van der Waals surface area contributed by atoms with Crippen molar-refractivity contribution in [3.05, 3.63) is 29.8 Å². The van der Waals surface area contributed by atoms with Gasteiger partial charge in [0.1, 0.15) is 31.4 Å². The van der Waals surface area contributed by atoms with Gasteiger partial charge in [-0.1, -0.05) is 6.92 Å². The molecular formula is C18H34N3O+3. The number of piperidine rings is 1. The van der Waals surface area contributed by atoms with Crippen LogP contribution in [0.25, 0.3) is 0 Å². The first-order valence-electron chi connectivity index (χ1n) is 8.64. The average Bonchev–Trinajstić information content (AvgIpc) is 2.51. The van der Waals surface area contributed by atoms with Crippen molar-refractivity contribution in [2.75, 3.05) is 33.8 Å². The first kappa shape index (κ1) is 17.3. The van der Waals surface area contributed by atoms with E-state index in [1.807, 2.05) is 0 Å². The molecule has 124 valence electrons. The Hall–Kier alpha value is -1.10. The summed E-state index contributed by atoms with van der Waals surface area (Å²) >= 11 is 0. The molecule has 22 heavy (non-hydrogen) atoms. The molecule has 4 heteroatoms. The van der Waals surface area contributed by atoms with Gasteiger partial charge in [-0.3, -0.25) is 0 Å². The number of quaternary nitrogens is 3. The Balaban J connectivity index is 2.07. The summed E-state index contributed by atoms with van der Waals surface area (Å²) in [6.45, 7) is 9.37. The predicted molar refractivity (Wildman–Crippen MR) is 89.1 cm³/mol. The van der Waals surface area contributed by atoms with E-state index in [-0.39, 0.29) is 0 Å². The standard InChI is InChI=1S/C18H31N3O/c1-14-12-20(3)15(2)11-18(14)21(10-9-19)13-16-5-7-17(22-4)8-6-16/h5-8,14-15,18H,9-13,19H2,1-4H3/p+3/t14-,15-,18+/m1/s1. The molecule has 2 unspecified atom stereocenters. The Morgan fingerprint density at radius 3 is 2.55 bits per heavy atom. The van der Waals surface area contributed by atoms with Crippen molar-refractivity contribution < 1.29 is 20.3 Å². The lowest BCUT2D eigenvalue weighted by Gasteiger charge is -2.40. The molecule has 0 aromatic heterocycles. The SMILES string of the molecule is COc1ccc(C[NH+](CC[NH3+])[C@H]2C[C@@H](C)[NH+](C)C[C@H]2C)cc1. The molecular weight excluding hydrogens is 274 g/mol. The van der Waals surface area contributed by atoms with E-state index in [1.54, 1.807) is 16.9 Å². The number of rotatable bonds is 6. The molecule has 1 aromatic carbocycles. The molecule has 1 saturated heterocycles. The minimum Gasteiger partial charge on any atom is -0.497 e. The zero-order valence-electron chi connectivity index (χ0n) is 14.7. The second-order valence-corrected chi connectivity index (χ2v) is 7.06. The highest BCUT2D eigenvalue weighted by Gasteiger charge is 2.38. The highest BCUT2D eigenvalue weighted by Crippen LogP contribution is 2.12. The van der Waals surface area contributed by atoms with Crippen molar-refractivity contribution in [3.63, 3.8) is 0 Å². The first-order chi connectivity index (χ1) is 10.5. The van der Waals surface area contributed by atoms with E-state index in [9.17, 15) is 0 Å². The van der Waals surface area contributed by atoms with Gasteiger partial charge in [0, 0.05) is 5.56 Å². The van der Waals surface area contributed by atoms with Crippen molar-refractivity contribution in [2.24, 2.45) is 5.92 Å². The molecule has 5 N–H and O–H groups in total. The quantitative estimate of drug-likeness (QED) is 0.597. The summed E-state index contributed by atoms with van der Waals surface area (Å²) in [5.74, 6) is 1.71. The van der Waals surface area contributed by atoms with Gasteiger partial charge in [-0.15, -0.1) is 0 Å². The second-order valence-electron chi connectivity index (χ2n) is 7.06. The Morgan fingerprint density at radius 1 is 1.27 bits per heavy atom. The van der Waals surface area contributed by atoms with Gasteiger partial charge in [-0.05, 0) is 31.2 Å². The number of nitrogens with one attached hydrogen (secondary N) is 2. The largest absolute Gasteiger partial charge is 0.497 e. The maximum Gasteiger partial charge on any atom is 0.127 e. The van der Waals surface area contributed by atoms with Crippen LogP contribution in [0.2, 0.25) is 0 Å². The minimum absolute atomic E-state index is 0.752. The minimum atomic E-state index is 0.752. The Kier molecular flexibility index (Phi) is 6.24. The maximum absolute atomic E-state index is 5.26. The van der Waals surface area contributed by atoms with Crippen LogP contribution in [0.1, 0.15) is 25.8 Å². The van der Waals surface area contributed by atoms with Crippen LogP contribution >= 0.6 is 0 Å². The van der Waals surface area contributed by atoms with Crippen LogP contribution in [0, 0.1) is 5.92 Å².